The number of rotatable bonds is 4. The summed E-state index contributed by atoms with van der Waals surface area (Å²) in [7, 11) is 1.43. The molecule has 1 N–H and O–H groups in total. The zero-order chi connectivity index (χ0) is 17.1. The maximum Gasteiger partial charge on any atom is 0.165 e. The number of anilines is 2. The lowest BCUT2D eigenvalue weighted by Crippen LogP contribution is -2.03. The number of aromatic nitrogens is 3. The number of pyridine rings is 1. The molecule has 0 fully saturated rings. The summed E-state index contributed by atoms with van der Waals surface area (Å²) >= 11 is 0. The smallest absolute Gasteiger partial charge is 0.165 e. The number of hydrogen-bond acceptors (Lipinski definition) is 5. The van der Waals surface area contributed by atoms with Gasteiger partial charge in [-0.25, -0.2) is 14.4 Å². The fourth-order valence-corrected chi connectivity index (χ4v) is 2.25. The van der Waals surface area contributed by atoms with Gasteiger partial charge in [0.25, 0.3) is 0 Å². The van der Waals surface area contributed by atoms with Gasteiger partial charge in [-0.2, -0.15) is 0 Å². The van der Waals surface area contributed by atoms with Crippen molar-refractivity contribution in [3.63, 3.8) is 0 Å². The highest BCUT2D eigenvalue weighted by molar-refractivity contribution is 5.65. The van der Waals surface area contributed by atoms with Gasteiger partial charge in [-0.05, 0) is 38.1 Å². The van der Waals surface area contributed by atoms with Gasteiger partial charge in [0.15, 0.2) is 17.4 Å². The molecule has 0 spiro atoms. The fourth-order valence-electron chi connectivity index (χ4n) is 2.25. The molecule has 2 heterocycles. The third-order valence-electron chi connectivity index (χ3n) is 3.74. The van der Waals surface area contributed by atoms with Crippen molar-refractivity contribution in [1.82, 2.24) is 15.0 Å². The van der Waals surface area contributed by atoms with E-state index in [2.05, 4.69) is 20.3 Å². The van der Waals surface area contributed by atoms with Crippen molar-refractivity contribution in [3.05, 3.63) is 59.8 Å². The molecule has 5 nitrogen and oxygen atoms in total. The summed E-state index contributed by atoms with van der Waals surface area (Å²) in [4.78, 5) is 13.1. The minimum absolute atomic E-state index is 0.179. The molecule has 0 atom stereocenters. The van der Waals surface area contributed by atoms with E-state index in [0.717, 1.165) is 16.8 Å². The van der Waals surface area contributed by atoms with Crippen LogP contribution >= 0.6 is 0 Å². The first-order valence-corrected chi connectivity index (χ1v) is 7.44. The Bertz CT molecular complexity index is 868. The first-order chi connectivity index (χ1) is 11.6. The van der Waals surface area contributed by atoms with Gasteiger partial charge in [-0.15, -0.1) is 0 Å². The number of halogens is 1. The Morgan fingerprint density at radius 1 is 1.04 bits per heavy atom. The van der Waals surface area contributed by atoms with Gasteiger partial charge in [0.05, 0.1) is 7.11 Å². The normalized spacial score (nSPS) is 10.5. The van der Waals surface area contributed by atoms with Crippen LogP contribution in [0.1, 0.15) is 11.3 Å². The summed E-state index contributed by atoms with van der Waals surface area (Å²) < 4.78 is 18.6. The Hall–Kier alpha value is -3.02. The molecule has 3 aromatic rings. The molecule has 2 aromatic heterocycles. The summed E-state index contributed by atoms with van der Waals surface area (Å²) in [6.45, 7) is 3.87. The number of methoxy groups -OCH3 is 1. The quantitative estimate of drug-likeness (QED) is 0.784. The highest BCUT2D eigenvalue weighted by Gasteiger charge is 2.11. The number of hydrogen-bond donors (Lipinski definition) is 1. The lowest BCUT2D eigenvalue weighted by molar-refractivity contribution is 0.387. The SMILES string of the molecule is COc1cc(Nc2nc(-c3ccncc3)nc(C)c2C)ccc1F. The highest BCUT2D eigenvalue weighted by Crippen LogP contribution is 2.27. The predicted molar refractivity (Wildman–Crippen MR) is 91.0 cm³/mol. The average Bonchev–Trinajstić information content (AvgIpc) is 2.61. The van der Waals surface area contributed by atoms with Crippen molar-refractivity contribution in [2.45, 2.75) is 13.8 Å². The van der Waals surface area contributed by atoms with Crippen LogP contribution in [-0.2, 0) is 0 Å². The monoisotopic (exact) mass is 324 g/mol. The zero-order valence-corrected chi connectivity index (χ0v) is 13.7. The average molecular weight is 324 g/mol. The Morgan fingerprint density at radius 3 is 2.50 bits per heavy atom. The molecule has 0 aliphatic heterocycles. The first-order valence-electron chi connectivity index (χ1n) is 7.44. The second-order valence-electron chi connectivity index (χ2n) is 5.32. The molecule has 3 rings (SSSR count). The van der Waals surface area contributed by atoms with Crippen LogP contribution in [-0.4, -0.2) is 22.1 Å². The summed E-state index contributed by atoms with van der Waals surface area (Å²) in [6, 6.07) is 8.30. The highest BCUT2D eigenvalue weighted by atomic mass is 19.1. The largest absolute Gasteiger partial charge is 0.494 e. The van der Waals surface area contributed by atoms with Gasteiger partial charge in [-0.1, -0.05) is 0 Å². The molecule has 0 aliphatic rings. The van der Waals surface area contributed by atoms with Crippen molar-refractivity contribution < 1.29 is 9.13 Å². The third-order valence-corrected chi connectivity index (χ3v) is 3.74. The van der Waals surface area contributed by atoms with Gasteiger partial charge >= 0.3 is 0 Å². The van der Waals surface area contributed by atoms with Gasteiger partial charge < -0.3 is 10.1 Å². The van der Waals surface area contributed by atoms with E-state index in [9.17, 15) is 4.39 Å². The van der Waals surface area contributed by atoms with Crippen LogP contribution in [0.3, 0.4) is 0 Å². The molecule has 0 saturated heterocycles. The van der Waals surface area contributed by atoms with Crippen LogP contribution in [0.25, 0.3) is 11.4 Å². The standard InChI is InChI=1S/C18H17FN4O/c1-11-12(2)21-18(13-6-8-20-9-7-13)23-17(11)22-14-4-5-15(19)16(10-14)24-3/h4-10H,1-3H3,(H,21,22,23). The van der Waals surface area contributed by atoms with E-state index in [1.807, 2.05) is 26.0 Å². The van der Waals surface area contributed by atoms with Gasteiger partial charge in [-0.3, -0.25) is 4.98 Å². The molecule has 24 heavy (non-hydrogen) atoms. The lowest BCUT2D eigenvalue weighted by Gasteiger charge is -2.13. The molecule has 0 bridgehead atoms. The lowest BCUT2D eigenvalue weighted by atomic mass is 10.2. The number of nitrogens with zero attached hydrogens (tertiary/aromatic N) is 3. The third kappa shape index (κ3) is 3.17. The molecule has 0 saturated carbocycles. The number of nitrogens with one attached hydrogen (secondary N) is 1. The van der Waals surface area contributed by atoms with Crippen LogP contribution in [0.15, 0.2) is 42.7 Å². The molecule has 0 aliphatic carbocycles. The van der Waals surface area contributed by atoms with Crippen molar-refractivity contribution >= 4 is 11.5 Å². The number of benzene rings is 1. The molecule has 0 unspecified atom stereocenters. The van der Waals surface area contributed by atoms with Gasteiger partial charge in [0, 0.05) is 41.0 Å². The van der Waals surface area contributed by atoms with Crippen molar-refractivity contribution in [3.8, 4) is 17.1 Å². The topological polar surface area (TPSA) is 59.9 Å². The molecule has 0 radical (unpaired) electrons. The Kier molecular flexibility index (Phi) is 4.37. The van der Waals surface area contributed by atoms with E-state index in [0.29, 0.717) is 17.3 Å². The summed E-state index contributed by atoms with van der Waals surface area (Å²) in [5.41, 5.74) is 3.37. The maximum atomic E-state index is 13.6. The van der Waals surface area contributed by atoms with Gasteiger partial charge in [0.2, 0.25) is 0 Å². The summed E-state index contributed by atoms with van der Waals surface area (Å²) in [6.07, 6.45) is 3.40. The summed E-state index contributed by atoms with van der Waals surface area (Å²) in [5.74, 6) is 1.05. The van der Waals surface area contributed by atoms with Crippen molar-refractivity contribution in [2.75, 3.05) is 12.4 Å². The van der Waals surface area contributed by atoms with E-state index in [1.54, 1.807) is 24.5 Å². The Labute approximate surface area is 139 Å². The Balaban J connectivity index is 2.00. The van der Waals surface area contributed by atoms with E-state index in [-0.39, 0.29) is 5.75 Å². The molecule has 0 amide bonds. The van der Waals surface area contributed by atoms with Crippen LogP contribution < -0.4 is 10.1 Å². The van der Waals surface area contributed by atoms with E-state index >= 15 is 0 Å². The van der Waals surface area contributed by atoms with Crippen LogP contribution in [0, 0.1) is 19.7 Å². The van der Waals surface area contributed by atoms with Crippen LogP contribution in [0.2, 0.25) is 0 Å². The predicted octanol–water partition coefficient (Wildman–Crippen LogP) is 4.05. The molecule has 6 heteroatoms. The first kappa shape index (κ1) is 15.9. The zero-order valence-electron chi connectivity index (χ0n) is 13.7. The minimum atomic E-state index is -0.406. The maximum absolute atomic E-state index is 13.6. The second kappa shape index (κ2) is 6.62. The van der Waals surface area contributed by atoms with Crippen LogP contribution in [0.5, 0.6) is 5.75 Å². The molecular weight excluding hydrogens is 307 g/mol. The van der Waals surface area contributed by atoms with Crippen molar-refractivity contribution in [2.24, 2.45) is 0 Å². The van der Waals surface area contributed by atoms with Gasteiger partial charge in [0.1, 0.15) is 5.82 Å². The molecule has 1 aromatic carbocycles. The molecular formula is C18H17FN4O. The number of aryl methyl sites for hydroxylation is 1. The summed E-state index contributed by atoms with van der Waals surface area (Å²) in [5, 5.41) is 3.21. The van der Waals surface area contributed by atoms with E-state index in [4.69, 9.17) is 4.74 Å². The minimum Gasteiger partial charge on any atom is -0.494 e. The second-order valence-corrected chi connectivity index (χ2v) is 5.32. The number of ether oxygens (including phenoxy) is 1. The van der Waals surface area contributed by atoms with E-state index < -0.39 is 5.82 Å². The van der Waals surface area contributed by atoms with E-state index in [1.165, 1.54) is 13.2 Å². The molecule has 122 valence electrons. The van der Waals surface area contributed by atoms with Crippen LogP contribution in [0.4, 0.5) is 15.9 Å². The Morgan fingerprint density at radius 2 is 1.79 bits per heavy atom. The van der Waals surface area contributed by atoms with Crippen molar-refractivity contribution in [1.29, 1.82) is 0 Å². The fraction of sp³-hybridized carbons (Fsp3) is 0.167.